The smallest absolute Gasteiger partial charge is 0.329 e. The van der Waals surface area contributed by atoms with E-state index in [4.69, 9.17) is 18.9 Å². The van der Waals surface area contributed by atoms with Crippen molar-refractivity contribution < 1.29 is 32.9 Å². The highest BCUT2D eigenvalue weighted by Gasteiger charge is 2.28. The van der Waals surface area contributed by atoms with E-state index < -0.39 is 34.9 Å². The summed E-state index contributed by atoms with van der Waals surface area (Å²) in [6.45, 7) is 6.84. The van der Waals surface area contributed by atoms with E-state index in [0.717, 1.165) is 6.07 Å². The number of rotatable bonds is 8. The van der Waals surface area contributed by atoms with Crippen LogP contribution in [0, 0.1) is 5.82 Å². The summed E-state index contributed by atoms with van der Waals surface area (Å²) in [6, 6.07) is 4.09. The monoisotopic (exact) mass is 435 g/mol. The van der Waals surface area contributed by atoms with Gasteiger partial charge in [0.25, 0.3) is 5.91 Å². The van der Waals surface area contributed by atoms with Crippen molar-refractivity contribution in [2.24, 2.45) is 0 Å². The predicted molar refractivity (Wildman–Crippen MR) is 109 cm³/mol. The SMILES string of the molecule is CCC(NC(=O)c1c(F)cccc1Oc1nc(OC)cc(OC)n1)C(=O)OC(C)(C)C. The number of hydrogen-bond donors (Lipinski definition) is 1. The fourth-order valence-corrected chi connectivity index (χ4v) is 2.48. The largest absolute Gasteiger partial charge is 0.481 e. The molecule has 1 amide bonds. The molecular formula is C21H26FN3O6. The Morgan fingerprint density at radius 3 is 2.26 bits per heavy atom. The molecule has 0 fully saturated rings. The number of benzene rings is 1. The number of carbonyl (C=O) groups is 2. The number of esters is 1. The van der Waals surface area contributed by atoms with Crippen molar-refractivity contribution in [3.63, 3.8) is 0 Å². The normalized spacial score (nSPS) is 12.0. The van der Waals surface area contributed by atoms with Crippen LogP contribution < -0.4 is 19.5 Å². The van der Waals surface area contributed by atoms with Crippen LogP contribution in [0.4, 0.5) is 4.39 Å². The van der Waals surface area contributed by atoms with Gasteiger partial charge in [-0.15, -0.1) is 0 Å². The first-order valence-electron chi connectivity index (χ1n) is 9.55. The maximum absolute atomic E-state index is 14.6. The highest BCUT2D eigenvalue weighted by atomic mass is 19.1. The van der Waals surface area contributed by atoms with Gasteiger partial charge in [0.1, 0.15) is 28.8 Å². The van der Waals surface area contributed by atoms with Gasteiger partial charge in [0, 0.05) is 0 Å². The third kappa shape index (κ3) is 6.53. The van der Waals surface area contributed by atoms with Gasteiger partial charge in [0.2, 0.25) is 11.8 Å². The Morgan fingerprint density at radius 1 is 1.13 bits per heavy atom. The molecule has 0 radical (unpaired) electrons. The number of hydrogen-bond acceptors (Lipinski definition) is 8. The van der Waals surface area contributed by atoms with Crippen LogP contribution in [0.2, 0.25) is 0 Å². The van der Waals surface area contributed by atoms with E-state index in [1.165, 1.54) is 32.4 Å². The van der Waals surface area contributed by atoms with E-state index in [9.17, 15) is 14.0 Å². The van der Waals surface area contributed by atoms with Crippen molar-refractivity contribution in [1.29, 1.82) is 0 Å². The number of amides is 1. The van der Waals surface area contributed by atoms with Gasteiger partial charge in [-0.2, -0.15) is 9.97 Å². The lowest BCUT2D eigenvalue weighted by atomic mass is 10.1. The summed E-state index contributed by atoms with van der Waals surface area (Å²) >= 11 is 0. The number of aromatic nitrogens is 2. The quantitative estimate of drug-likeness (QED) is 0.630. The van der Waals surface area contributed by atoms with Crippen LogP contribution in [0.25, 0.3) is 0 Å². The number of carbonyl (C=O) groups excluding carboxylic acids is 2. The Bertz CT molecular complexity index is 923. The maximum atomic E-state index is 14.6. The van der Waals surface area contributed by atoms with Crippen molar-refractivity contribution in [3.8, 4) is 23.5 Å². The number of ether oxygens (including phenoxy) is 4. The Labute approximate surface area is 179 Å². The van der Waals surface area contributed by atoms with Crippen LogP contribution in [0.3, 0.4) is 0 Å². The van der Waals surface area contributed by atoms with E-state index >= 15 is 0 Å². The van der Waals surface area contributed by atoms with Gasteiger partial charge in [-0.05, 0) is 39.3 Å². The summed E-state index contributed by atoms with van der Waals surface area (Å²) in [4.78, 5) is 33.2. The molecule has 1 unspecified atom stereocenters. The summed E-state index contributed by atoms with van der Waals surface area (Å²) in [5.41, 5.74) is -1.14. The number of halogens is 1. The molecule has 0 aliphatic heterocycles. The molecule has 2 aromatic rings. The Balaban J connectivity index is 2.32. The predicted octanol–water partition coefficient (Wildman–Crippen LogP) is 3.28. The van der Waals surface area contributed by atoms with Crippen LogP contribution >= 0.6 is 0 Å². The van der Waals surface area contributed by atoms with Crippen LogP contribution in [0.15, 0.2) is 24.3 Å². The summed E-state index contributed by atoms with van der Waals surface area (Å²) in [5.74, 6) is -2.15. The Hall–Kier alpha value is -3.43. The standard InChI is InChI=1S/C21H26FN3O6/c1-7-13(19(27)31-21(2,3)4)23-18(26)17-12(22)9-8-10-14(17)30-20-24-15(28-5)11-16(25-20)29-6/h8-11,13H,7H2,1-6H3,(H,23,26). The number of methoxy groups -OCH3 is 2. The highest BCUT2D eigenvalue weighted by molar-refractivity contribution is 5.99. The van der Waals surface area contributed by atoms with Gasteiger partial charge in [-0.1, -0.05) is 13.0 Å². The zero-order valence-electron chi connectivity index (χ0n) is 18.3. The van der Waals surface area contributed by atoms with Gasteiger partial charge < -0.3 is 24.3 Å². The van der Waals surface area contributed by atoms with E-state index in [-0.39, 0.29) is 29.9 Å². The molecule has 1 aromatic heterocycles. The molecule has 0 spiro atoms. The first kappa shape index (κ1) is 23.8. The van der Waals surface area contributed by atoms with Crippen molar-refractivity contribution in [2.75, 3.05) is 14.2 Å². The second-order valence-corrected chi connectivity index (χ2v) is 7.42. The molecule has 1 N–H and O–H groups in total. The van der Waals surface area contributed by atoms with Crippen molar-refractivity contribution in [3.05, 3.63) is 35.6 Å². The van der Waals surface area contributed by atoms with Crippen LogP contribution in [0.1, 0.15) is 44.5 Å². The topological polar surface area (TPSA) is 109 Å². The molecule has 0 aliphatic carbocycles. The minimum Gasteiger partial charge on any atom is -0.481 e. The van der Waals surface area contributed by atoms with Crippen LogP contribution in [-0.4, -0.2) is 47.7 Å². The summed E-state index contributed by atoms with van der Waals surface area (Å²) < 4.78 is 35.5. The van der Waals surface area contributed by atoms with Gasteiger partial charge in [-0.3, -0.25) is 4.79 Å². The lowest BCUT2D eigenvalue weighted by Crippen LogP contribution is -2.44. The molecular weight excluding hydrogens is 409 g/mol. The fraction of sp³-hybridized carbons (Fsp3) is 0.429. The van der Waals surface area contributed by atoms with Crippen molar-refractivity contribution in [1.82, 2.24) is 15.3 Å². The van der Waals surface area contributed by atoms with Crippen LogP contribution in [0.5, 0.6) is 23.5 Å². The van der Waals surface area contributed by atoms with E-state index in [1.54, 1.807) is 27.7 Å². The summed E-state index contributed by atoms with van der Waals surface area (Å²) in [7, 11) is 2.79. The highest BCUT2D eigenvalue weighted by Crippen LogP contribution is 2.28. The molecule has 9 nitrogen and oxygen atoms in total. The lowest BCUT2D eigenvalue weighted by Gasteiger charge is -2.24. The molecule has 1 heterocycles. The van der Waals surface area contributed by atoms with Crippen molar-refractivity contribution >= 4 is 11.9 Å². The molecule has 0 aliphatic rings. The number of nitrogens with one attached hydrogen (secondary N) is 1. The van der Waals surface area contributed by atoms with Gasteiger partial charge in [0.15, 0.2) is 0 Å². The molecule has 0 saturated carbocycles. The second kappa shape index (κ2) is 10.1. The third-order valence-electron chi connectivity index (χ3n) is 3.89. The third-order valence-corrected chi connectivity index (χ3v) is 3.89. The van der Waals surface area contributed by atoms with Crippen molar-refractivity contribution in [2.45, 2.75) is 45.8 Å². The Kier molecular flexibility index (Phi) is 7.73. The minimum atomic E-state index is -0.965. The first-order valence-corrected chi connectivity index (χ1v) is 9.55. The van der Waals surface area contributed by atoms with E-state index in [0.29, 0.717) is 0 Å². The Morgan fingerprint density at radius 2 is 1.74 bits per heavy atom. The lowest BCUT2D eigenvalue weighted by molar-refractivity contribution is -0.157. The molecule has 1 atom stereocenters. The number of nitrogens with zero attached hydrogens (tertiary/aromatic N) is 2. The van der Waals surface area contributed by atoms with Gasteiger partial charge in [0.05, 0.1) is 20.3 Å². The summed E-state index contributed by atoms with van der Waals surface area (Å²) in [5, 5.41) is 2.49. The molecule has 1 aromatic carbocycles. The molecule has 31 heavy (non-hydrogen) atoms. The molecule has 0 saturated heterocycles. The average molecular weight is 435 g/mol. The first-order chi connectivity index (χ1) is 14.6. The van der Waals surface area contributed by atoms with Crippen LogP contribution in [-0.2, 0) is 9.53 Å². The molecule has 168 valence electrons. The zero-order chi connectivity index (χ0) is 23.2. The molecule has 2 rings (SSSR count). The maximum Gasteiger partial charge on any atom is 0.329 e. The zero-order valence-corrected chi connectivity index (χ0v) is 18.3. The summed E-state index contributed by atoms with van der Waals surface area (Å²) in [6.07, 6.45) is 0.251. The minimum absolute atomic E-state index is 0.146. The van der Waals surface area contributed by atoms with E-state index in [2.05, 4.69) is 15.3 Å². The fourth-order valence-electron chi connectivity index (χ4n) is 2.48. The molecule has 10 heteroatoms. The van der Waals surface area contributed by atoms with Gasteiger partial charge in [-0.25, -0.2) is 9.18 Å². The molecule has 0 bridgehead atoms. The van der Waals surface area contributed by atoms with Gasteiger partial charge >= 0.3 is 12.0 Å². The van der Waals surface area contributed by atoms with E-state index in [1.807, 2.05) is 0 Å². The average Bonchev–Trinajstić information content (AvgIpc) is 2.70. The second-order valence-electron chi connectivity index (χ2n) is 7.42.